The molecule has 0 aliphatic rings. The number of hydrogen-bond acceptors (Lipinski definition) is 10. The van der Waals surface area contributed by atoms with Gasteiger partial charge in [0.2, 0.25) is 0 Å². The van der Waals surface area contributed by atoms with Gasteiger partial charge in [0.05, 0.1) is 17.7 Å². The molecule has 0 saturated carbocycles. The third kappa shape index (κ3) is 30.5. The Hall–Kier alpha value is -0.677. The molecule has 0 fully saturated rings. The summed E-state index contributed by atoms with van der Waals surface area (Å²) < 4.78 is 47.0. The van der Waals surface area contributed by atoms with E-state index in [4.69, 9.17) is 30.4 Å². The average molecular weight is 823 g/mol. The molecule has 0 saturated heterocycles. The molecule has 54 heavy (non-hydrogen) atoms. The summed E-state index contributed by atoms with van der Waals surface area (Å²) in [5.41, 5.74) is 5.73. The minimum absolute atomic E-state index is 0. The van der Waals surface area contributed by atoms with Gasteiger partial charge in [0.1, 0.15) is 24.7 Å². The molecule has 2 aromatic rings. The van der Waals surface area contributed by atoms with Crippen LogP contribution in [0.1, 0.15) is 91.6 Å². The fourth-order valence-corrected chi connectivity index (χ4v) is 4.84. The van der Waals surface area contributed by atoms with Crippen LogP contribution in [0.5, 0.6) is 11.5 Å². The Kier molecular flexibility index (Phi) is 40.7. The summed E-state index contributed by atoms with van der Waals surface area (Å²) in [5, 5.41) is 38.3. The van der Waals surface area contributed by atoms with Gasteiger partial charge >= 0.3 is 115 Å². The van der Waals surface area contributed by atoms with E-state index in [1.165, 1.54) is 0 Å². The third-order valence-corrected chi connectivity index (χ3v) is 6.96. The molecular formula is C38H59F3K2N2O9. The molecule has 298 valence electrons. The van der Waals surface area contributed by atoms with Crippen molar-refractivity contribution in [3.8, 4) is 11.5 Å². The number of ether oxygens (including phenoxy) is 2. The molecule has 0 radical (unpaired) electrons. The molecular weight excluding hydrogens is 764 g/mol. The fraction of sp³-hybridized carbons (Fsp3) is 0.526. The van der Waals surface area contributed by atoms with E-state index in [9.17, 15) is 28.2 Å². The van der Waals surface area contributed by atoms with Crippen LogP contribution in [-0.2, 0) is 14.5 Å². The maximum Gasteiger partial charge on any atom is 1.00 e. The van der Waals surface area contributed by atoms with E-state index in [0.717, 1.165) is 62.5 Å². The van der Waals surface area contributed by atoms with Gasteiger partial charge in [-0.25, -0.2) is 0 Å². The first-order chi connectivity index (χ1) is 24.7. The normalized spacial score (nSPS) is 10.9. The Morgan fingerprint density at radius 2 is 1.17 bits per heavy atom. The first-order valence-electron chi connectivity index (χ1n) is 17.3. The second kappa shape index (κ2) is 36.6. The summed E-state index contributed by atoms with van der Waals surface area (Å²) in [4.78, 5) is 21.9. The fourth-order valence-electron chi connectivity index (χ4n) is 4.84. The number of nitrogens with two attached hydrogens (primary N) is 1. The second-order valence-electron chi connectivity index (χ2n) is 11.5. The van der Waals surface area contributed by atoms with Gasteiger partial charge in [-0.1, -0.05) is 102 Å². The quantitative estimate of drug-likeness (QED) is 0.0388. The van der Waals surface area contributed by atoms with E-state index in [1.54, 1.807) is 29.6 Å². The molecule has 6 N–H and O–H groups in total. The van der Waals surface area contributed by atoms with Crippen molar-refractivity contribution >= 4 is 24.5 Å². The Labute approximate surface area is 405 Å². The molecule has 0 unspecified atom stereocenters. The first-order valence-corrected chi connectivity index (χ1v) is 17.3. The number of benzene rings is 2. The number of halogens is 3. The van der Waals surface area contributed by atoms with Crippen LogP contribution >= 0.6 is 0 Å². The molecule has 0 bridgehead atoms. The number of rotatable bonds is 20. The molecule has 0 spiro atoms. The van der Waals surface area contributed by atoms with Crippen molar-refractivity contribution in [1.82, 2.24) is 5.32 Å². The number of carbonyl (C=O) groups excluding carboxylic acids is 2. The molecule has 2 rings (SSSR count). The first kappa shape index (κ1) is 60.0. The van der Waals surface area contributed by atoms with Gasteiger partial charge in [-0.15, -0.1) is 0 Å². The van der Waals surface area contributed by atoms with Gasteiger partial charge < -0.3 is 47.4 Å². The summed E-state index contributed by atoms with van der Waals surface area (Å²) in [5.74, 6) is -0.695. The summed E-state index contributed by atoms with van der Waals surface area (Å²) in [6, 6.07) is 14.8. The maximum absolute atomic E-state index is 12.1. The Balaban J connectivity index is -0.000000258. The predicted molar refractivity (Wildman–Crippen MR) is 196 cm³/mol. The van der Waals surface area contributed by atoms with Crippen LogP contribution in [0, 0.1) is 0 Å². The number of carbonyl (C=O) groups is 2. The average Bonchev–Trinajstić information content (AvgIpc) is 3.12. The number of hydrogen-bond donors (Lipinski definition) is 5. The maximum atomic E-state index is 12.1. The van der Waals surface area contributed by atoms with E-state index in [0.29, 0.717) is 31.7 Å². The predicted octanol–water partition coefficient (Wildman–Crippen LogP) is -0.379. The largest absolute Gasteiger partial charge is 1.00 e. The van der Waals surface area contributed by atoms with Gasteiger partial charge in [-0.3, -0.25) is 9.59 Å². The zero-order valence-electron chi connectivity index (χ0n) is 34.0. The third-order valence-electron chi connectivity index (χ3n) is 6.96. The Morgan fingerprint density at radius 1 is 0.796 bits per heavy atom. The van der Waals surface area contributed by atoms with Crippen molar-refractivity contribution < 1.29 is 162 Å². The molecule has 1 amide bonds. The van der Waals surface area contributed by atoms with E-state index < -0.39 is 23.3 Å². The van der Waals surface area contributed by atoms with E-state index in [1.807, 2.05) is 62.4 Å². The van der Waals surface area contributed by atoms with Crippen LogP contribution in [0.4, 0.5) is 13.2 Å². The molecule has 16 heteroatoms. The van der Waals surface area contributed by atoms with Crippen LogP contribution in [-0.4, -0.2) is 78.5 Å². The number of alkyl halides is 3. The SMILES string of the molecule is CCCC(O)(/C=C/c1cccc(OCCN)c1)CCC.CCCC(O)(/C=C/c1cccc(OCCNC(=O)C(F)(F)F)c1)CCC.CO.O=CO[O-].[H-].[K+].[K+]. The van der Waals surface area contributed by atoms with Crippen molar-refractivity contribution in [2.45, 2.75) is 96.4 Å². The molecule has 0 heterocycles. The van der Waals surface area contributed by atoms with Crippen molar-refractivity contribution in [2.75, 3.05) is 33.4 Å². The molecule has 2 aromatic carbocycles. The van der Waals surface area contributed by atoms with Crippen LogP contribution in [0.15, 0.2) is 60.7 Å². The smallest absolute Gasteiger partial charge is 1.00 e. The minimum Gasteiger partial charge on any atom is -1.00 e. The van der Waals surface area contributed by atoms with E-state index >= 15 is 0 Å². The number of nitrogens with one attached hydrogen (secondary N) is 1. The van der Waals surface area contributed by atoms with Gasteiger partial charge in [0.15, 0.2) is 0 Å². The number of aliphatic hydroxyl groups excluding tert-OH is 1. The van der Waals surface area contributed by atoms with Gasteiger partial charge in [-0.05, 0) is 61.1 Å². The molecule has 0 aliphatic heterocycles. The van der Waals surface area contributed by atoms with Gasteiger partial charge in [-0.2, -0.15) is 13.2 Å². The number of aliphatic hydroxyl groups is 3. The van der Waals surface area contributed by atoms with Gasteiger partial charge in [0.25, 0.3) is 6.47 Å². The van der Waals surface area contributed by atoms with Crippen molar-refractivity contribution in [1.29, 1.82) is 0 Å². The summed E-state index contributed by atoms with van der Waals surface area (Å²) in [7, 11) is 1.00. The van der Waals surface area contributed by atoms with Crippen molar-refractivity contribution in [3.05, 3.63) is 71.8 Å². The molecule has 0 atom stereocenters. The molecule has 0 aliphatic carbocycles. The summed E-state index contributed by atoms with van der Waals surface area (Å²) >= 11 is 0. The van der Waals surface area contributed by atoms with Crippen LogP contribution in [0.2, 0.25) is 0 Å². The zero-order chi connectivity index (χ0) is 39.9. The van der Waals surface area contributed by atoms with E-state index in [2.05, 4.69) is 18.7 Å². The standard InChI is InChI=1S/C19H26F3NO3.C17H27NO2.CH2O3.CH4O.2K.H/c1-3-9-18(25,10-4-2)11-8-15-6-5-7-16(14-15)26-13-12-23-17(24)19(20,21)22;1-3-9-17(19,10-4-2)11-8-15-6-5-7-16(14-15)20-13-12-18;2-1-4-3;1-2;;;/h5-8,11,14,25H,3-4,9-10,12-13H2,1-2H3,(H,23,24);5-8,11,14,19H,3-4,9-10,12-13,18H2,1-2H3;1,3H;2H,1H3;;;/q;;;;2*+1;-1/p-1/b2*11-8+;;;;;. The van der Waals surface area contributed by atoms with Crippen LogP contribution < -0.4 is 129 Å². The van der Waals surface area contributed by atoms with Gasteiger partial charge in [0, 0.05) is 13.7 Å². The molecule has 11 nitrogen and oxygen atoms in total. The Morgan fingerprint density at radius 3 is 1.48 bits per heavy atom. The molecule has 0 aromatic heterocycles. The summed E-state index contributed by atoms with van der Waals surface area (Å²) in [6.45, 7) is 8.73. The monoisotopic (exact) mass is 822 g/mol. The summed E-state index contributed by atoms with van der Waals surface area (Å²) in [6.07, 6.45) is 9.20. The topological polar surface area (TPSA) is 184 Å². The Bertz CT molecular complexity index is 1280. The zero-order valence-corrected chi connectivity index (χ0v) is 39.2. The van der Waals surface area contributed by atoms with Crippen molar-refractivity contribution in [3.63, 3.8) is 0 Å². The van der Waals surface area contributed by atoms with Crippen LogP contribution in [0.3, 0.4) is 0 Å². The van der Waals surface area contributed by atoms with Crippen LogP contribution in [0.25, 0.3) is 12.2 Å². The second-order valence-corrected chi connectivity index (χ2v) is 11.5. The van der Waals surface area contributed by atoms with Crippen molar-refractivity contribution in [2.24, 2.45) is 5.73 Å². The van der Waals surface area contributed by atoms with E-state index in [-0.39, 0.29) is 124 Å². The minimum atomic E-state index is -4.89. The number of amides is 1.